The summed E-state index contributed by atoms with van der Waals surface area (Å²) in [7, 11) is 0. The average molecular weight is 369 g/mol. The molecule has 1 heterocycles. The number of hydrogen-bond acceptors (Lipinski definition) is 6. The number of phenols is 1. The van der Waals surface area contributed by atoms with E-state index in [0.29, 0.717) is 29.6 Å². The molecular formula is C19H19N3O3S. The number of hydrogen-bond donors (Lipinski definition) is 1. The van der Waals surface area contributed by atoms with Crippen molar-refractivity contribution in [3.8, 4) is 11.5 Å². The van der Waals surface area contributed by atoms with Gasteiger partial charge in [-0.2, -0.15) is 5.10 Å². The van der Waals surface area contributed by atoms with Crippen LogP contribution < -0.4 is 4.74 Å². The van der Waals surface area contributed by atoms with E-state index < -0.39 is 0 Å². The average Bonchev–Trinajstić information content (AvgIpc) is 2.99. The van der Waals surface area contributed by atoms with Crippen LogP contribution in [0.2, 0.25) is 0 Å². The van der Waals surface area contributed by atoms with E-state index in [2.05, 4.69) is 10.2 Å². The third-order valence-electron chi connectivity index (χ3n) is 3.71. The van der Waals surface area contributed by atoms with Crippen molar-refractivity contribution >= 4 is 29.1 Å². The molecular weight excluding hydrogens is 350 g/mol. The molecule has 2 aromatic rings. The summed E-state index contributed by atoms with van der Waals surface area (Å²) in [4.78, 5) is 13.8. The van der Waals surface area contributed by atoms with Gasteiger partial charge in [-0.15, -0.1) is 5.10 Å². The third kappa shape index (κ3) is 4.43. The van der Waals surface area contributed by atoms with Crippen LogP contribution in [0.1, 0.15) is 18.1 Å². The maximum Gasteiger partial charge on any atom is 0.239 e. The predicted octanol–water partition coefficient (Wildman–Crippen LogP) is 3.26. The van der Waals surface area contributed by atoms with Crippen LogP contribution in [0.5, 0.6) is 11.5 Å². The van der Waals surface area contributed by atoms with E-state index in [1.54, 1.807) is 29.2 Å². The maximum atomic E-state index is 12.2. The summed E-state index contributed by atoms with van der Waals surface area (Å²) in [5, 5.41) is 18.5. The third-order valence-corrected chi connectivity index (χ3v) is 4.66. The Bertz CT molecular complexity index is 834. The largest absolute Gasteiger partial charge is 0.507 e. The van der Waals surface area contributed by atoms with Crippen molar-refractivity contribution in [3.05, 3.63) is 59.7 Å². The number of para-hydroxylation sites is 1. The summed E-state index contributed by atoms with van der Waals surface area (Å²) in [5.74, 6) is 1.29. The van der Waals surface area contributed by atoms with Crippen molar-refractivity contribution in [2.24, 2.45) is 10.2 Å². The Hall–Kier alpha value is -2.80. The van der Waals surface area contributed by atoms with Crippen molar-refractivity contribution in [2.45, 2.75) is 13.5 Å². The summed E-state index contributed by atoms with van der Waals surface area (Å²) in [6, 6.07) is 14.5. The molecule has 134 valence electrons. The molecule has 0 radical (unpaired) electrons. The number of phenolic OH excluding ortho intramolecular Hbond substituents is 1. The minimum Gasteiger partial charge on any atom is -0.507 e. The van der Waals surface area contributed by atoms with Crippen LogP contribution >= 0.6 is 11.8 Å². The first-order valence-electron chi connectivity index (χ1n) is 8.21. The number of thioether (sulfide) groups is 1. The number of amidine groups is 1. The van der Waals surface area contributed by atoms with E-state index in [0.717, 1.165) is 11.3 Å². The first-order chi connectivity index (χ1) is 12.7. The molecule has 0 atom stereocenters. The zero-order valence-corrected chi connectivity index (χ0v) is 15.1. The Morgan fingerprint density at radius 2 is 2.00 bits per heavy atom. The fourth-order valence-electron chi connectivity index (χ4n) is 2.40. The van der Waals surface area contributed by atoms with Crippen LogP contribution in [0.25, 0.3) is 0 Å². The number of rotatable bonds is 6. The second-order valence-corrected chi connectivity index (χ2v) is 6.47. The van der Waals surface area contributed by atoms with Gasteiger partial charge in [0, 0.05) is 5.56 Å². The fourth-order valence-corrected chi connectivity index (χ4v) is 3.24. The molecule has 26 heavy (non-hydrogen) atoms. The molecule has 0 aromatic heterocycles. The number of aromatic hydroxyl groups is 1. The quantitative estimate of drug-likeness (QED) is 0.626. The molecule has 7 heteroatoms. The van der Waals surface area contributed by atoms with E-state index >= 15 is 0 Å². The Morgan fingerprint density at radius 1 is 1.23 bits per heavy atom. The number of carbonyl (C=O) groups is 1. The molecule has 0 unspecified atom stereocenters. The first kappa shape index (κ1) is 18.0. The van der Waals surface area contributed by atoms with Crippen molar-refractivity contribution in [2.75, 3.05) is 12.4 Å². The molecule has 0 aliphatic carbocycles. The highest BCUT2D eigenvalue weighted by atomic mass is 32.2. The smallest absolute Gasteiger partial charge is 0.239 e. The normalized spacial score (nSPS) is 16.0. The summed E-state index contributed by atoms with van der Waals surface area (Å²) >= 11 is 1.35. The Morgan fingerprint density at radius 3 is 2.73 bits per heavy atom. The number of benzene rings is 2. The van der Waals surface area contributed by atoms with Gasteiger partial charge in [0.2, 0.25) is 5.91 Å². The van der Waals surface area contributed by atoms with Gasteiger partial charge in [0.15, 0.2) is 5.17 Å². The second kappa shape index (κ2) is 8.53. The van der Waals surface area contributed by atoms with Crippen molar-refractivity contribution in [1.82, 2.24) is 4.90 Å². The molecule has 1 saturated heterocycles. The highest BCUT2D eigenvalue weighted by molar-refractivity contribution is 8.15. The minimum absolute atomic E-state index is 0.000364. The fraction of sp³-hybridized carbons (Fsp3) is 0.211. The highest BCUT2D eigenvalue weighted by Gasteiger charge is 2.28. The molecule has 1 fully saturated rings. The van der Waals surface area contributed by atoms with Crippen LogP contribution in [0.4, 0.5) is 0 Å². The summed E-state index contributed by atoms with van der Waals surface area (Å²) < 4.78 is 5.43. The number of amides is 1. The van der Waals surface area contributed by atoms with Gasteiger partial charge in [-0.25, -0.2) is 0 Å². The molecule has 6 nitrogen and oxygen atoms in total. The predicted molar refractivity (Wildman–Crippen MR) is 104 cm³/mol. The zero-order chi connectivity index (χ0) is 18.4. The van der Waals surface area contributed by atoms with E-state index in [-0.39, 0.29) is 11.7 Å². The van der Waals surface area contributed by atoms with Gasteiger partial charge in [-0.3, -0.25) is 9.69 Å². The summed E-state index contributed by atoms with van der Waals surface area (Å²) in [6.07, 6.45) is 1.47. The van der Waals surface area contributed by atoms with Crippen LogP contribution in [-0.2, 0) is 11.3 Å². The molecule has 1 aliphatic heterocycles. The van der Waals surface area contributed by atoms with Gasteiger partial charge < -0.3 is 9.84 Å². The minimum atomic E-state index is 0.000364. The van der Waals surface area contributed by atoms with E-state index in [1.807, 2.05) is 31.2 Å². The maximum absolute atomic E-state index is 12.2. The van der Waals surface area contributed by atoms with E-state index in [4.69, 9.17) is 4.74 Å². The van der Waals surface area contributed by atoms with Gasteiger partial charge in [0.25, 0.3) is 0 Å². The molecule has 1 amide bonds. The lowest BCUT2D eigenvalue weighted by Gasteiger charge is -2.15. The number of ether oxygens (including phenoxy) is 1. The van der Waals surface area contributed by atoms with Crippen molar-refractivity contribution in [1.29, 1.82) is 0 Å². The highest BCUT2D eigenvalue weighted by Crippen LogP contribution is 2.23. The number of carbonyl (C=O) groups excluding carboxylic acids is 1. The Balaban J connectivity index is 1.71. The van der Waals surface area contributed by atoms with Gasteiger partial charge in [-0.1, -0.05) is 36.0 Å². The lowest BCUT2D eigenvalue weighted by atomic mass is 10.2. The van der Waals surface area contributed by atoms with Crippen LogP contribution in [-0.4, -0.2) is 39.7 Å². The lowest BCUT2D eigenvalue weighted by molar-refractivity contribution is -0.124. The van der Waals surface area contributed by atoms with Crippen molar-refractivity contribution in [3.63, 3.8) is 0 Å². The summed E-state index contributed by atoms with van der Waals surface area (Å²) in [5.41, 5.74) is 1.56. The van der Waals surface area contributed by atoms with Gasteiger partial charge >= 0.3 is 0 Å². The molecule has 0 spiro atoms. The van der Waals surface area contributed by atoms with E-state index in [1.165, 1.54) is 18.0 Å². The van der Waals surface area contributed by atoms with Gasteiger partial charge in [0.1, 0.15) is 11.5 Å². The molecule has 0 bridgehead atoms. The lowest BCUT2D eigenvalue weighted by Crippen LogP contribution is -2.28. The van der Waals surface area contributed by atoms with Gasteiger partial charge in [-0.05, 0) is 36.8 Å². The SMILES string of the molecule is CCOc1ccc(CN2C(=O)CS/C2=N/N=C\c2ccccc2O)cc1. The van der Waals surface area contributed by atoms with Crippen LogP contribution in [0, 0.1) is 0 Å². The topological polar surface area (TPSA) is 74.5 Å². The van der Waals surface area contributed by atoms with E-state index in [9.17, 15) is 9.90 Å². The molecule has 1 aliphatic rings. The van der Waals surface area contributed by atoms with Crippen molar-refractivity contribution < 1.29 is 14.6 Å². The standard InChI is InChI=1S/C19H19N3O3S/c1-2-25-16-9-7-14(8-10-16)12-22-18(24)13-26-19(22)21-20-11-15-5-3-4-6-17(15)23/h3-11,23H,2,12-13H2,1H3/b20-11-,21-19+. The summed E-state index contributed by atoms with van der Waals surface area (Å²) in [6.45, 7) is 2.99. The monoisotopic (exact) mass is 369 g/mol. The second-order valence-electron chi connectivity index (χ2n) is 5.53. The molecule has 0 saturated carbocycles. The van der Waals surface area contributed by atoms with Gasteiger partial charge in [0.05, 0.1) is 25.1 Å². The molecule has 2 aromatic carbocycles. The van der Waals surface area contributed by atoms with Crippen LogP contribution in [0.3, 0.4) is 0 Å². The molecule has 3 rings (SSSR count). The number of nitrogens with zero attached hydrogens (tertiary/aromatic N) is 3. The first-order valence-corrected chi connectivity index (χ1v) is 9.20. The molecule has 1 N–H and O–H groups in total. The Labute approximate surface area is 156 Å². The zero-order valence-electron chi connectivity index (χ0n) is 14.3. The Kier molecular flexibility index (Phi) is 5.91. The van der Waals surface area contributed by atoms with Crippen LogP contribution in [0.15, 0.2) is 58.7 Å².